The van der Waals surface area contributed by atoms with E-state index in [4.69, 9.17) is 37.9 Å². The van der Waals surface area contributed by atoms with Gasteiger partial charge in [-0.1, -0.05) is 56.3 Å². The molecule has 5 atom stereocenters. The van der Waals surface area contributed by atoms with Crippen LogP contribution in [0.5, 0.6) is 11.6 Å². The highest BCUT2D eigenvalue weighted by atomic mass is 16.7. The van der Waals surface area contributed by atoms with E-state index < -0.39 is 66.6 Å². The Balaban J connectivity index is 1.54. The molecule has 1 fully saturated rings. The third-order valence-electron chi connectivity index (χ3n) is 8.28. The molecule has 54 heavy (non-hydrogen) atoms. The number of nitrogens with zero attached hydrogens (tertiary/aromatic N) is 1. The van der Waals surface area contributed by atoms with Crippen molar-refractivity contribution in [1.29, 1.82) is 0 Å². The lowest BCUT2D eigenvalue weighted by atomic mass is 9.95. The molecule has 15 nitrogen and oxygen atoms in total. The molecule has 1 saturated heterocycles. The van der Waals surface area contributed by atoms with Gasteiger partial charge in [0.15, 0.2) is 12.2 Å². The third-order valence-corrected chi connectivity index (χ3v) is 8.28. The molecule has 292 valence electrons. The fourth-order valence-electron chi connectivity index (χ4n) is 5.65. The van der Waals surface area contributed by atoms with Gasteiger partial charge in [0, 0.05) is 45.4 Å². The van der Waals surface area contributed by atoms with Gasteiger partial charge in [-0.15, -0.1) is 5.10 Å². The Morgan fingerprint density at radius 1 is 0.778 bits per heavy atom. The van der Waals surface area contributed by atoms with E-state index in [1.54, 1.807) is 26.0 Å². The number of ether oxygens (including phenoxy) is 8. The van der Waals surface area contributed by atoms with Crippen LogP contribution in [0.15, 0.2) is 54.6 Å². The lowest BCUT2D eigenvalue weighted by molar-refractivity contribution is -0.289. The zero-order valence-corrected chi connectivity index (χ0v) is 31.7. The van der Waals surface area contributed by atoms with Crippen molar-refractivity contribution in [3.05, 3.63) is 77.0 Å². The Kier molecular flexibility index (Phi) is 14.2. The maximum Gasteiger partial charge on any atom is 0.315 e. The third kappa shape index (κ3) is 11.5. The Morgan fingerprint density at radius 2 is 1.39 bits per heavy atom. The second-order valence-electron chi connectivity index (χ2n) is 13.8. The van der Waals surface area contributed by atoms with Crippen LogP contribution in [0.2, 0.25) is 0 Å². The van der Waals surface area contributed by atoms with Crippen molar-refractivity contribution in [3.8, 4) is 11.6 Å². The summed E-state index contributed by atoms with van der Waals surface area (Å²) in [6.07, 6.45) is -6.45. The average molecular weight is 753 g/mol. The number of rotatable bonds is 16. The van der Waals surface area contributed by atoms with Crippen molar-refractivity contribution in [2.75, 3.05) is 13.2 Å². The van der Waals surface area contributed by atoms with Gasteiger partial charge in [0.05, 0.1) is 5.41 Å². The molecule has 15 heteroatoms. The van der Waals surface area contributed by atoms with Crippen LogP contribution < -0.4 is 9.47 Å². The van der Waals surface area contributed by atoms with Gasteiger partial charge in [-0.25, -0.2) is 0 Å². The van der Waals surface area contributed by atoms with Gasteiger partial charge in [-0.3, -0.25) is 29.1 Å². The van der Waals surface area contributed by atoms with Crippen molar-refractivity contribution >= 4 is 29.8 Å². The van der Waals surface area contributed by atoms with Crippen LogP contribution in [-0.2, 0) is 65.4 Å². The number of carbonyl (C=O) groups excluding carboxylic acids is 5. The van der Waals surface area contributed by atoms with E-state index in [9.17, 15) is 24.0 Å². The predicted octanol–water partition coefficient (Wildman–Crippen LogP) is 4.73. The highest BCUT2D eigenvalue weighted by Crippen LogP contribution is 2.34. The quantitative estimate of drug-likeness (QED) is 0.156. The van der Waals surface area contributed by atoms with Crippen LogP contribution >= 0.6 is 0 Å². The topological polar surface area (TPSA) is 188 Å². The fraction of sp³-hybridized carbons (Fsp3) is 0.487. The summed E-state index contributed by atoms with van der Waals surface area (Å²) in [4.78, 5) is 61.2. The van der Waals surface area contributed by atoms with Gasteiger partial charge in [0.25, 0.3) is 0 Å². The Bertz CT molecular complexity index is 1750. The van der Waals surface area contributed by atoms with Crippen LogP contribution in [-0.4, -0.2) is 84.0 Å². The first-order chi connectivity index (χ1) is 25.5. The predicted molar refractivity (Wildman–Crippen MR) is 190 cm³/mol. The summed E-state index contributed by atoms with van der Waals surface area (Å²) in [6.45, 7) is 11.9. The first-order valence-electron chi connectivity index (χ1n) is 17.5. The minimum absolute atomic E-state index is 0.0215. The molecule has 3 aromatic rings. The number of aromatic nitrogens is 2. The van der Waals surface area contributed by atoms with Crippen molar-refractivity contribution in [3.63, 3.8) is 0 Å². The lowest BCUT2D eigenvalue weighted by Gasteiger charge is -2.43. The van der Waals surface area contributed by atoms with Crippen LogP contribution in [0.3, 0.4) is 0 Å². The molecule has 1 aliphatic heterocycles. The van der Waals surface area contributed by atoms with Gasteiger partial charge < -0.3 is 37.9 Å². The summed E-state index contributed by atoms with van der Waals surface area (Å²) in [6, 6.07) is 16.7. The van der Waals surface area contributed by atoms with E-state index in [0.717, 1.165) is 37.6 Å². The van der Waals surface area contributed by atoms with Gasteiger partial charge in [0.1, 0.15) is 31.7 Å². The normalized spacial score (nSPS) is 19.7. The maximum absolute atomic E-state index is 12.8. The van der Waals surface area contributed by atoms with Crippen molar-refractivity contribution in [1.82, 2.24) is 10.2 Å². The van der Waals surface area contributed by atoms with Crippen LogP contribution in [0.25, 0.3) is 0 Å². The summed E-state index contributed by atoms with van der Waals surface area (Å²) in [7, 11) is 0. The molecule has 0 spiro atoms. The van der Waals surface area contributed by atoms with E-state index in [1.165, 1.54) is 6.92 Å². The smallest absolute Gasteiger partial charge is 0.315 e. The molecule has 0 aliphatic carbocycles. The molecule has 0 radical (unpaired) electrons. The summed E-state index contributed by atoms with van der Waals surface area (Å²) in [5.74, 6) is -2.64. The highest BCUT2D eigenvalue weighted by molar-refractivity contribution is 5.76. The molecule has 0 unspecified atom stereocenters. The molecule has 0 saturated carbocycles. The van der Waals surface area contributed by atoms with Crippen molar-refractivity contribution < 1.29 is 61.9 Å². The molecule has 2 aromatic carbocycles. The Labute approximate surface area is 313 Å². The van der Waals surface area contributed by atoms with Gasteiger partial charge >= 0.3 is 29.8 Å². The SMILES string of the molecule is CC(=O)OC[C@H]1O[C@@H](Oc2n[nH]c(C(C)C)c2Cc2ccc(OCC(C)(C)C(=O)OCc3ccccc3)cc2)[C@H](OC(C)=O)[C@@H](OC(C)=O)[C@@H]1OC(C)=O. The summed E-state index contributed by atoms with van der Waals surface area (Å²) < 4.78 is 45.6. The Morgan fingerprint density at radius 3 is 1.98 bits per heavy atom. The minimum atomic E-state index is -1.45. The number of benzene rings is 2. The molecule has 1 aromatic heterocycles. The number of carbonyl (C=O) groups is 5. The molecular weight excluding hydrogens is 704 g/mol. The lowest BCUT2D eigenvalue weighted by Crippen LogP contribution is -2.63. The number of nitrogens with one attached hydrogen (secondary N) is 1. The first kappa shape index (κ1) is 41.3. The van der Waals surface area contributed by atoms with Crippen LogP contribution in [0.4, 0.5) is 0 Å². The standard InChI is InChI=1S/C39H48N2O13/c1-22(2)32-30(18-27-14-16-29(17-15-27)49-21-39(7,8)38(46)48-19-28-12-10-9-11-13-28)36(41-40-32)54-37-35(52-26(6)45)34(51-25(5)44)33(50-24(4)43)31(53-37)20-47-23(3)42/h9-17,22,31,33-35,37H,18-21H2,1-8H3,(H,40,41)/t31-,33-,34+,35-,37+/m1/s1. The minimum Gasteiger partial charge on any atom is -0.492 e. The number of hydrogen-bond acceptors (Lipinski definition) is 14. The van der Waals surface area contributed by atoms with E-state index in [-0.39, 0.29) is 31.0 Å². The maximum atomic E-state index is 12.8. The summed E-state index contributed by atoms with van der Waals surface area (Å²) in [5.41, 5.74) is 2.26. The number of H-pyrrole nitrogens is 1. The monoisotopic (exact) mass is 752 g/mol. The number of aromatic amines is 1. The molecule has 1 aliphatic rings. The Hall–Kier alpha value is -5.44. The zero-order chi connectivity index (χ0) is 39.6. The molecule has 0 bridgehead atoms. The van der Waals surface area contributed by atoms with Gasteiger partial charge in [0.2, 0.25) is 18.3 Å². The van der Waals surface area contributed by atoms with E-state index in [2.05, 4.69) is 10.2 Å². The number of esters is 5. The van der Waals surface area contributed by atoms with E-state index in [0.29, 0.717) is 17.7 Å². The second-order valence-corrected chi connectivity index (χ2v) is 13.8. The zero-order valence-electron chi connectivity index (χ0n) is 31.7. The summed E-state index contributed by atoms with van der Waals surface area (Å²) >= 11 is 0. The fourth-order valence-corrected chi connectivity index (χ4v) is 5.65. The average Bonchev–Trinajstić information content (AvgIpc) is 3.50. The largest absolute Gasteiger partial charge is 0.492 e. The second kappa shape index (κ2) is 18.5. The molecule has 2 heterocycles. The van der Waals surface area contributed by atoms with Gasteiger partial charge in [-0.2, -0.15) is 0 Å². The molecule has 4 rings (SSSR count). The molecular formula is C39H48N2O13. The molecule has 0 amide bonds. The van der Waals surface area contributed by atoms with Gasteiger partial charge in [-0.05, 0) is 43.0 Å². The van der Waals surface area contributed by atoms with Crippen molar-refractivity contribution in [2.45, 2.75) is 105 Å². The van der Waals surface area contributed by atoms with E-state index in [1.807, 2.05) is 56.3 Å². The van der Waals surface area contributed by atoms with Crippen LogP contribution in [0.1, 0.15) is 83.7 Å². The summed E-state index contributed by atoms with van der Waals surface area (Å²) in [5, 5.41) is 7.42. The van der Waals surface area contributed by atoms with E-state index >= 15 is 0 Å². The van der Waals surface area contributed by atoms with Crippen molar-refractivity contribution in [2.24, 2.45) is 5.41 Å². The first-order valence-corrected chi connectivity index (χ1v) is 17.5. The molecule has 1 N–H and O–H groups in total. The van der Waals surface area contributed by atoms with Crippen LogP contribution in [0, 0.1) is 5.41 Å². The highest BCUT2D eigenvalue weighted by Gasteiger charge is 2.53. The number of hydrogen-bond donors (Lipinski definition) is 1.